The number of aromatic nitrogens is 1. The molecule has 1 aromatic carbocycles. The van der Waals surface area contributed by atoms with Crippen molar-refractivity contribution in [2.75, 3.05) is 23.9 Å². The third-order valence-electron chi connectivity index (χ3n) is 3.98. The number of aromatic carboxylic acids is 1. The van der Waals surface area contributed by atoms with Crippen LogP contribution in [0.25, 0.3) is 0 Å². The molecule has 0 spiro atoms. The highest BCUT2D eigenvalue weighted by Gasteiger charge is 2.40. The van der Waals surface area contributed by atoms with Crippen molar-refractivity contribution < 1.29 is 19.5 Å². The Morgan fingerprint density at radius 1 is 1.23 bits per heavy atom. The molecule has 0 aliphatic carbocycles. The highest BCUT2D eigenvalue weighted by Crippen LogP contribution is 2.34. The van der Waals surface area contributed by atoms with Crippen molar-refractivity contribution in [2.24, 2.45) is 0 Å². The molecular formula is C18H17N3O4S. The Balaban J connectivity index is 1.82. The summed E-state index contributed by atoms with van der Waals surface area (Å²) in [6.07, 6.45) is 1.47. The van der Waals surface area contributed by atoms with Gasteiger partial charge in [0, 0.05) is 32.4 Å². The van der Waals surface area contributed by atoms with Gasteiger partial charge in [0.05, 0.1) is 16.5 Å². The number of pyridine rings is 1. The normalized spacial score (nSPS) is 16.8. The van der Waals surface area contributed by atoms with Gasteiger partial charge in [0.2, 0.25) is 11.8 Å². The van der Waals surface area contributed by atoms with E-state index in [4.69, 9.17) is 0 Å². The molecule has 0 bridgehead atoms. The van der Waals surface area contributed by atoms with E-state index in [2.05, 4.69) is 4.98 Å². The third kappa shape index (κ3) is 3.41. The summed E-state index contributed by atoms with van der Waals surface area (Å²) in [4.78, 5) is 43.5. The number of thioether (sulfide) groups is 1. The van der Waals surface area contributed by atoms with Gasteiger partial charge >= 0.3 is 5.97 Å². The number of carbonyl (C=O) groups is 3. The molecule has 1 fully saturated rings. The molecule has 1 N–H and O–H groups in total. The van der Waals surface area contributed by atoms with Crippen LogP contribution in [-0.2, 0) is 9.59 Å². The maximum atomic E-state index is 12.7. The van der Waals surface area contributed by atoms with E-state index in [1.54, 1.807) is 12.1 Å². The van der Waals surface area contributed by atoms with Gasteiger partial charge in [0.1, 0.15) is 5.03 Å². The van der Waals surface area contributed by atoms with Gasteiger partial charge in [-0.3, -0.25) is 9.59 Å². The van der Waals surface area contributed by atoms with Gasteiger partial charge in [-0.05, 0) is 36.4 Å². The summed E-state index contributed by atoms with van der Waals surface area (Å²) in [6, 6.07) is 10.1. The zero-order chi connectivity index (χ0) is 18.8. The number of hydrogen-bond donors (Lipinski definition) is 1. The SMILES string of the molecule is CN(C)c1ccc(N2C(=O)C[C@H](Sc3ncccc3C(=O)O)C2=O)cc1. The molecule has 1 aliphatic rings. The molecule has 1 saturated heterocycles. The molecule has 2 amide bonds. The Morgan fingerprint density at radius 3 is 2.54 bits per heavy atom. The van der Waals surface area contributed by atoms with E-state index >= 15 is 0 Å². The first-order valence-electron chi connectivity index (χ1n) is 7.87. The van der Waals surface area contributed by atoms with Crippen LogP contribution in [0.3, 0.4) is 0 Å². The summed E-state index contributed by atoms with van der Waals surface area (Å²) in [5.41, 5.74) is 1.48. The van der Waals surface area contributed by atoms with E-state index in [9.17, 15) is 19.5 Å². The van der Waals surface area contributed by atoms with Crippen LogP contribution in [0.1, 0.15) is 16.8 Å². The van der Waals surface area contributed by atoms with Crippen LogP contribution >= 0.6 is 11.8 Å². The highest BCUT2D eigenvalue weighted by molar-refractivity contribution is 8.00. The first-order chi connectivity index (χ1) is 12.4. The summed E-state index contributed by atoms with van der Waals surface area (Å²) in [5.74, 6) is -1.79. The van der Waals surface area contributed by atoms with Gasteiger partial charge < -0.3 is 10.0 Å². The van der Waals surface area contributed by atoms with Gasteiger partial charge in [0.25, 0.3) is 0 Å². The fraction of sp³-hybridized carbons (Fsp3) is 0.222. The van der Waals surface area contributed by atoms with Crippen LogP contribution in [0.4, 0.5) is 11.4 Å². The molecule has 0 unspecified atom stereocenters. The number of carboxylic acid groups (broad SMARTS) is 1. The summed E-state index contributed by atoms with van der Waals surface area (Å²) < 4.78 is 0. The quantitative estimate of drug-likeness (QED) is 0.806. The van der Waals surface area contributed by atoms with Crippen LogP contribution in [0.5, 0.6) is 0 Å². The number of amides is 2. The van der Waals surface area contributed by atoms with E-state index in [0.717, 1.165) is 22.3 Å². The zero-order valence-electron chi connectivity index (χ0n) is 14.2. The largest absolute Gasteiger partial charge is 0.478 e. The summed E-state index contributed by atoms with van der Waals surface area (Å²) >= 11 is 1.01. The number of benzene rings is 1. The predicted molar refractivity (Wildman–Crippen MR) is 98.7 cm³/mol. The lowest BCUT2D eigenvalue weighted by Gasteiger charge is -2.17. The molecule has 8 heteroatoms. The lowest BCUT2D eigenvalue weighted by Crippen LogP contribution is -2.31. The molecule has 3 rings (SSSR count). The predicted octanol–water partition coefficient (Wildman–Crippen LogP) is 2.27. The molecule has 2 heterocycles. The fourth-order valence-electron chi connectivity index (χ4n) is 2.65. The molecule has 7 nitrogen and oxygen atoms in total. The minimum atomic E-state index is -1.12. The topological polar surface area (TPSA) is 90.8 Å². The minimum absolute atomic E-state index is 0.00850. The molecule has 2 aromatic rings. The van der Waals surface area contributed by atoms with Gasteiger partial charge in [-0.1, -0.05) is 11.8 Å². The van der Waals surface area contributed by atoms with Crippen LogP contribution in [0, 0.1) is 0 Å². The van der Waals surface area contributed by atoms with Crippen molar-refractivity contribution >= 4 is 40.9 Å². The van der Waals surface area contributed by atoms with Gasteiger partial charge in [-0.15, -0.1) is 0 Å². The van der Waals surface area contributed by atoms with Crippen LogP contribution in [0.15, 0.2) is 47.6 Å². The molecule has 1 aromatic heterocycles. The Labute approximate surface area is 154 Å². The molecule has 0 saturated carbocycles. The second kappa shape index (κ2) is 7.17. The van der Waals surface area contributed by atoms with E-state index in [1.807, 2.05) is 31.1 Å². The molecular weight excluding hydrogens is 354 g/mol. The number of hydrogen-bond acceptors (Lipinski definition) is 6. The first-order valence-corrected chi connectivity index (χ1v) is 8.75. The van der Waals surface area contributed by atoms with Crippen LogP contribution in [-0.4, -0.2) is 47.2 Å². The second-order valence-corrected chi connectivity index (χ2v) is 7.14. The number of rotatable bonds is 5. The zero-order valence-corrected chi connectivity index (χ0v) is 15.1. The summed E-state index contributed by atoms with van der Waals surface area (Å²) in [7, 11) is 3.81. The molecule has 26 heavy (non-hydrogen) atoms. The Bertz CT molecular complexity index is 867. The van der Waals surface area contributed by atoms with E-state index < -0.39 is 11.2 Å². The Morgan fingerprint density at radius 2 is 1.92 bits per heavy atom. The highest BCUT2D eigenvalue weighted by atomic mass is 32.2. The van der Waals surface area contributed by atoms with Gasteiger partial charge in [0.15, 0.2) is 0 Å². The van der Waals surface area contributed by atoms with Gasteiger partial charge in [-0.2, -0.15) is 0 Å². The lowest BCUT2D eigenvalue weighted by molar-refractivity contribution is -0.121. The smallest absolute Gasteiger partial charge is 0.338 e. The molecule has 1 atom stereocenters. The Kier molecular flexibility index (Phi) is 4.94. The average molecular weight is 371 g/mol. The van der Waals surface area contributed by atoms with Crippen LogP contribution in [0.2, 0.25) is 0 Å². The number of nitrogens with zero attached hydrogens (tertiary/aromatic N) is 3. The van der Waals surface area contributed by atoms with E-state index in [1.165, 1.54) is 18.3 Å². The second-order valence-electron chi connectivity index (χ2n) is 5.95. The average Bonchev–Trinajstić information content (AvgIpc) is 2.89. The molecule has 0 radical (unpaired) electrons. The van der Waals surface area contributed by atoms with Crippen molar-refractivity contribution in [3.05, 3.63) is 48.2 Å². The maximum Gasteiger partial charge on any atom is 0.338 e. The van der Waals surface area contributed by atoms with E-state index in [0.29, 0.717) is 5.69 Å². The van der Waals surface area contributed by atoms with Crippen molar-refractivity contribution in [3.63, 3.8) is 0 Å². The minimum Gasteiger partial charge on any atom is -0.478 e. The van der Waals surface area contributed by atoms with Crippen molar-refractivity contribution in [3.8, 4) is 0 Å². The first kappa shape index (κ1) is 17.9. The van der Waals surface area contributed by atoms with E-state index in [-0.39, 0.29) is 28.8 Å². The Hall–Kier alpha value is -2.87. The number of anilines is 2. The molecule has 1 aliphatic heterocycles. The summed E-state index contributed by atoms with van der Waals surface area (Å²) in [6.45, 7) is 0. The fourth-order valence-corrected chi connectivity index (χ4v) is 3.76. The number of imide groups is 1. The molecule has 134 valence electrons. The third-order valence-corrected chi connectivity index (χ3v) is 5.19. The maximum absolute atomic E-state index is 12.7. The van der Waals surface area contributed by atoms with Gasteiger partial charge in [-0.25, -0.2) is 14.7 Å². The standard InChI is InChI=1S/C18H17N3O4S/c1-20(2)11-5-7-12(8-6-11)21-15(22)10-14(17(21)23)26-16-13(18(24)25)4-3-9-19-16/h3-9,14H,10H2,1-2H3,(H,24,25)/t14-/m0/s1. The van der Waals surface area contributed by atoms with Crippen molar-refractivity contribution in [1.29, 1.82) is 0 Å². The van der Waals surface area contributed by atoms with Crippen molar-refractivity contribution in [2.45, 2.75) is 16.7 Å². The summed E-state index contributed by atoms with van der Waals surface area (Å²) in [5, 5.41) is 8.78. The number of carboxylic acids is 1. The number of carbonyl (C=O) groups excluding carboxylic acids is 2. The lowest BCUT2D eigenvalue weighted by atomic mass is 10.2. The van der Waals surface area contributed by atoms with Crippen molar-refractivity contribution in [1.82, 2.24) is 4.98 Å². The monoisotopic (exact) mass is 371 g/mol. The van der Waals surface area contributed by atoms with Crippen LogP contribution < -0.4 is 9.80 Å².